The maximum atomic E-state index is 13.3. The van der Waals surface area contributed by atoms with Crippen molar-refractivity contribution >= 4 is 11.8 Å². The summed E-state index contributed by atoms with van der Waals surface area (Å²) in [7, 11) is 1.59. The lowest BCUT2D eigenvalue weighted by Gasteiger charge is -2.43. The van der Waals surface area contributed by atoms with E-state index in [1.54, 1.807) is 41.0 Å². The summed E-state index contributed by atoms with van der Waals surface area (Å²) in [5, 5.41) is 8.53. The standard InChI is InChI=1S/C30H41N7O4/c1-21(27-20-37(33-32-27)25-14-26(40-5)17-31-16-25)35-13-11-23(15-28(35)38)34-12-7-10-24(19-34)36(18-22-8-6-9-22)29(39)41-30(2,3)4/h11,13-17,20-22,24H,6-10,12,18-19H2,1-5H3/t21?,24-/m1/s1. The number of piperidine rings is 1. The van der Waals surface area contributed by atoms with Gasteiger partial charge in [0.25, 0.3) is 5.56 Å². The third kappa shape index (κ3) is 6.71. The third-order valence-corrected chi connectivity index (χ3v) is 8.00. The second kappa shape index (κ2) is 11.9. The van der Waals surface area contributed by atoms with Gasteiger partial charge in [0.15, 0.2) is 0 Å². The van der Waals surface area contributed by atoms with Crippen LogP contribution in [0.2, 0.25) is 0 Å². The molecule has 0 spiro atoms. The Kier molecular flexibility index (Phi) is 8.32. The largest absolute Gasteiger partial charge is 0.495 e. The summed E-state index contributed by atoms with van der Waals surface area (Å²) in [6.07, 6.45) is 12.1. The van der Waals surface area contributed by atoms with Gasteiger partial charge in [0.05, 0.1) is 43.5 Å². The number of nitrogens with zero attached hydrogens (tertiary/aromatic N) is 7. The molecule has 0 bridgehead atoms. The predicted octanol–water partition coefficient (Wildman–Crippen LogP) is 4.45. The van der Waals surface area contributed by atoms with Gasteiger partial charge in [-0.3, -0.25) is 9.78 Å². The molecule has 2 atom stereocenters. The van der Waals surface area contributed by atoms with E-state index in [0.29, 0.717) is 23.9 Å². The van der Waals surface area contributed by atoms with Crippen molar-refractivity contribution in [3.05, 3.63) is 59.0 Å². The first-order valence-corrected chi connectivity index (χ1v) is 14.5. The molecule has 1 saturated heterocycles. The van der Waals surface area contributed by atoms with E-state index in [4.69, 9.17) is 9.47 Å². The van der Waals surface area contributed by atoms with E-state index in [2.05, 4.69) is 20.2 Å². The second-order valence-corrected chi connectivity index (χ2v) is 12.1. The lowest BCUT2D eigenvalue weighted by Crippen LogP contribution is -2.53. The molecule has 0 aromatic carbocycles. The second-order valence-electron chi connectivity index (χ2n) is 12.1. The molecule has 1 unspecified atom stereocenters. The van der Waals surface area contributed by atoms with Crippen LogP contribution in [0.1, 0.15) is 71.5 Å². The number of anilines is 1. The number of methoxy groups -OCH3 is 1. The Morgan fingerprint density at radius 2 is 1.95 bits per heavy atom. The summed E-state index contributed by atoms with van der Waals surface area (Å²) < 4.78 is 14.3. The van der Waals surface area contributed by atoms with Crippen molar-refractivity contribution in [3.8, 4) is 11.4 Å². The monoisotopic (exact) mass is 563 g/mol. The fourth-order valence-corrected chi connectivity index (χ4v) is 5.47. The Morgan fingerprint density at radius 1 is 1.15 bits per heavy atom. The highest BCUT2D eigenvalue weighted by molar-refractivity contribution is 5.69. The van der Waals surface area contributed by atoms with Crippen LogP contribution in [-0.2, 0) is 4.74 Å². The summed E-state index contributed by atoms with van der Waals surface area (Å²) >= 11 is 0. The fraction of sp³-hybridized carbons (Fsp3) is 0.567. The Morgan fingerprint density at radius 3 is 2.63 bits per heavy atom. The van der Waals surface area contributed by atoms with Gasteiger partial charge in [0, 0.05) is 43.7 Å². The average Bonchev–Trinajstić information content (AvgIpc) is 3.42. The van der Waals surface area contributed by atoms with Crippen LogP contribution in [0.25, 0.3) is 5.69 Å². The van der Waals surface area contributed by atoms with Crippen LogP contribution in [0.5, 0.6) is 5.75 Å². The predicted molar refractivity (Wildman–Crippen MR) is 156 cm³/mol. The Bertz CT molecular complexity index is 1410. The molecule has 5 rings (SSSR count). The van der Waals surface area contributed by atoms with Gasteiger partial charge in [-0.05, 0) is 65.4 Å². The number of rotatable bonds is 8. The summed E-state index contributed by atoms with van der Waals surface area (Å²) in [5.74, 6) is 1.16. The van der Waals surface area contributed by atoms with E-state index in [0.717, 1.165) is 50.1 Å². The third-order valence-electron chi connectivity index (χ3n) is 8.00. The molecule has 1 saturated carbocycles. The zero-order valence-electron chi connectivity index (χ0n) is 24.7. The van der Waals surface area contributed by atoms with Gasteiger partial charge in [0.1, 0.15) is 17.0 Å². The number of hydrogen-bond donors (Lipinski definition) is 0. The van der Waals surface area contributed by atoms with Crippen LogP contribution in [-0.4, -0.2) is 73.9 Å². The minimum absolute atomic E-state index is 0.0432. The van der Waals surface area contributed by atoms with Crippen molar-refractivity contribution in [2.45, 2.75) is 77.5 Å². The Balaban J connectivity index is 1.30. The van der Waals surface area contributed by atoms with Gasteiger partial charge in [-0.25, -0.2) is 9.48 Å². The summed E-state index contributed by atoms with van der Waals surface area (Å²) in [6.45, 7) is 9.90. The number of carbonyl (C=O) groups is 1. The zero-order chi connectivity index (χ0) is 29.1. The van der Waals surface area contributed by atoms with Crippen LogP contribution < -0.4 is 15.2 Å². The summed E-state index contributed by atoms with van der Waals surface area (Å²) in [6, 6.07) is 5.20. The maximum Gasteiger partial charge on any atom is 0.410 e. The maximum absolute atomic E-state index is 13.3. The summed E-state index contributed by atoms with van der Waals surface area (Å²) in [5.41, 5.74) is 1.58. The highest BCUT2D eigenvalue weighted by Gasteiger charge is 2.34. The van der Waals surface area contributed by atoms with Crippen molar-refractivity contribution < 1.29 is 14.3 Å². The number of hydrogen-bond acceptors (Lipinski definition) is 8. The molecule has 41 heavy (non-hydrogen) atoms. The van der Waals surface area contributed by atoms with Crippen LogP contribution >= 0.6 is 0 Å². The molecule has 0 radical (unpaired) electrons. The molecule has 2 fully saturated rings. The Hall–Kier alpha value is -3.89. The van der Waals surface area contributed by atoms with Crippen LogP contribution in [0, 0.1) is 5.92 Å². The van der Waals surface area contributed by atoms with E-state index >= 15 is 0 Å². The topological polar surface area (TPSA) is 108 Å². The highest BCUT2D eigenvalue weighted by atomic mass is 16.6. The molecule has 1 aliphatic carbocycles. The van der Waals surface area contributed by atoms with Crippen molar-refractivity contribution in [1.82, 2.24) is 29.4 Å². The van der Waals surface area contributed by atoms with Crippen LogP contribution in [0.4, 0.5) is 10.5 Å². The first-order chi connectivity index (χ1) is 19.6. The van der Waals surface area contributed by atoms with Crippen molar-refractivity contribution in [3.63, 3.8) is 0 Å². The lowest BCUT2D eigenvalue weighted by atomic mass is 9.84. The van der Waals surface area contributed by atoms with Gasteiger partial charge in [-0.2, -0.15) is 0 Å². The van der Waals surface area contributed by atoms with Gasteiger partial charge in [-0.15, -0.1) is 5.10 Å². The SMILES string of the molecule is COc1cncc(-n2cc(C(C)n3ccc(N4CCC[C@@H](N(CC5CCC5)C(=O)OC(C)(C)C)C4)cc3=O)nn2)c1. The lowest BCUT2D eigenvalue weighted by molar-refractivity contribution is 0.00736. The van der Waals surface area contributed by atoms with E-state index in [9.17, 15) is 9.59 Å². The Labute approximate surface area is 241 Å². The number of aromatic nitrogens is 5. The molecule has 220 valence electrons. The highest BCUT2D eigenvalue weighted by Crippen LogP contribution is 2.31. The average molecular weight is 564 g/mol. The molecule has 2 aliphatic rings. The first-order valence-electron chi connectivity index (χ1n) is 14.5. The number of ether oxygens (including phenoxy) is 2. The normalized spacial score (nSPS) is 18.5. The minimum atomic E-state index is -0.541. The fourth-order valence-electron chi connectivity index (χ4n) is 5.47. The minimum Gasteiger partial charge on any atom is -0.495 e. The molecule has 1 amide bonds. The van der Waals surface area contributed by atoms with E-state index in [1.165, 1.54) is 6.42 Å². The molecular formula is C30H41N7O4. The van der Waals surface area contributed by atoms with Gasteiger partial charge >= 0.3 is 6.09 Å². The zero-order valence-corrected chi connectivity index (χ0v) is 24.7. The van der Waals surface area contributed by atoms with Crippen molar-refractivity contribution in [2.24, 2.45) is 5.92 Å². The molecular weight excluding hydrogens is 522 g/mol. The van der Waals surface area contributed by atoms with Gasteiger partial charge in [0.2, 0.25) is 0 Å². The van der Waals surface area contributed by atoms with E-state index < -0.39 is 5.60 Å². The molecule has 11 heteroatoms. The van der Waals surface area contributed by atoms with Crippen LogP contribution in [0.15, 0.2) is 47.8 Å². The van der Waals surface area contributed by atoms with Crippen molar-refractivity contribution in [2.75, 3.05) is 31.6 Å². The molecule has 3 aromatic rings. The van der Waals surface area contributed by atoms with E-state index in [-0.39, 0.29) is 23.7 Å². The first kappa shape index (κ1) is 28.6. The van der Waals surface area contributed by atoms with Crippen LogP contribution in [0.3, 0.4) is 0 Å². The molecule has 4 heterocycles. The van der Waals surface area contributed by atoms with Crippen molar-refractivity contribution in [1.29, 1.82) is 0 Å². The summed E-state index contributed by atoms with van der Waals surface area (Å²) in [4.78, 5) is 34.9. The molecule has 11 nitrogen and oxygen atoms in total. The number of pyridine rings is 2. The quantitative estimate of drug-likeness (QED) is 0.396. The number of carbonyl (C=O) groups excluding carboxylic acids is 1. The molecule has 1 aliphatic heterocycles. The smallest absolute Gasteiger partial charge is 0.410 e. The number of amides is 1. The molecule has 0 N–H and O–H groups in total. The van der Waals surface area contributed by atoms with E-state index in [1.807, 2.05) is 50.9 Å². The van der Waals surface area contributed by atoms with Gasteiger partial charge in [-0.1, -0.05) is 11.6 Å². The molecule has 3 aromatic heterocycles. The van der Waals surface area contributed by atoms with Gasteiger partial charge < -0.3 is 23.8 Å².